The molecule has 2 aliphatic heterocycles. The number of para-hydroxylation sites is 1. The van der Waals surface area contributed by atoms with Crippen molar-refractivity contribution < 1.29 is 19.1 Å². The average molecular weight is 605 g/mol. The third-order valence-electron chi connectivity index (χ3n) is 8.59. The summed E-state index contributed by atoms with van der Waals surface area (Å²) in [5.74, 6) is -0.577. The molecule has 8 heteroatoms. The molecule has 1 N–H and O–H groups in total. The summed E-state index contributed by atoms with van der Waals surface area (Å²) >= 11 is 0. The Morgan fingerprint density at radius 3 is 2.27 bits per heavy atom. The predicted octanol–water partition coefficient (Wildman–Crippen LogP) is 5.85. The Morgan fingerprint density at radius 2 is 1.53 bits per heavy atom. The van der Waals surface area contributed by atoms with Crippen LogP contribution in [0.25, 0.3) is 16.5 Å². The molecular formula is C37H40N4O4. The first-order valence-corrected chi connectivity index (χ1v) is 15.6. The number of carbonyl (C=O) groups excluding carboxylic acids is 3. The molecule has 2 aliphatic rings. The molecule has 1 aromatic heterocycles. The van der Waals surface area contributed by atoms with Gasteiger partial charge in [0.15, 0.2) is 0 Å². The van der Waals surface area contributed by atoms with E-state index < -0.39 is 11.4 Å². The van der Waals surface area contributed by atoms with Gasteiger partial charge in [-0.2, -0.15) is 0 Å². The lowest BCUT2D eigenvalue weighted by atomic mass is 9.81. The van der Waals surface area contributed by atoms with Gasteiger partial charge in [0, 0.05) is 72.9 Å². The smallest absolute Gasteiger partial charge is 0.342 e. The summed E-state index contributed by atoms with van der Waals surface area (Å²) in [6.45, 7) is 11.7. The van der Waals surface area contributed by atoms with Crippen LogP contribution >= 0.6 is 0 Å². The Balaban J connectivity index is 1.22. The van der Waals surface area contributed by atoms with Gasteiger partial charge in [-0.3, -0.25) is 14.5 Å². The molecule has 0 spiro atoms. The molecule has 0 aliphatic carbocycles. The van der Waals surface area contributed by atoms with E-state index in [1.54, 1.807) is 11.1 Å². The molecule has 4 aromatic rings. The van der Waals surface area contributed by atoms with Crippen molar-refractivity contribution in [2.45, 2.75) is 45.8 Å². The van der Waals surface area contributed by atoms with Gasteiger partial charge in [0.25, 0.3) is 11.8 Å². The molecular weight excluding hydrogens is 564 g/mol. The fraction of sp³-hybridized carbons (Fsp3) is 0.324. The zero-order valence-corrected chi connectivity index (χ0v) is 26.4. The van der Waals surface area contributed by atoms with Gasteiger partial charge in [-0.05, 0) is 55.3 Å². The van der Waals surface area contributed by atoms with E-state index in [0.29, 0.717) is 48.6 Å². The van der Waals surface area contributed by atoms with Gasteiger partial charge in [0.05, 0.1) is 17.4 Å². The van der Waals surface area contributed by atoms with Crippen LogP contribution in [0.5, 0.6) is 0 Å². The van der Waals surface area contributed by atoms with E-state index in [-0.39, 0.29) is 17.9 Å². The van der Waals surface area contributed by atoms with Crippen molar-refractivity contribution in [3.05, 3.63) is 113 Å². The molecule has 45 heavy (non-hydrogen) atoms. The van der Waals surface area contributed by atoms with Gasteiger partial charge in [-0.25, -0.2) is 4.79 Å². The zero-order chi connectivity index (χ0) is 31.7. The summed E-state index contributed by atoms with van der Waals surface area (Å²) in [5.41, 5.74) is 4.81. The summed E-state index contributed by atoms with van der Waals surface area (Å²) in [5, 5.41) is 1.03. The molecule has 0 atom stereocenters. The number of fused-ring (bicyclic) bond motifs is 3. The number of aromatic amines is 1. The standard InChI is InChI=1S/C37H40N4O4/c1-25(2)45-36(44)30-23-41(24-37(3,4)32-29-15-8-9-16-31(29)38-33(30)32)35(43)28-14-10-11-26(21-28)22-39-17-19-40(20-18-39)34(42)27-12-6-5-7-13-27/h5-16,21,23,25,38H,17-20,22,24H2,1-4H3. The van der Waals surface area contributed by atoms with Crippen LogP contribution in [0.2, 0.25) is 0 Å². The van der Waals surface area contributed by atoms with Crippen LogP contribution in [0.15, 0.2) is 85.1 Å². The van der Waals surface area contributed by atoms with Gasteiger partial charge in [0.2, 0.25) is 0 Å². The van der Waals surface area contributed by atoms with Gasteiger partial charge < -0.3 is 19.5 Å². The number of rotatable bonds is 6. The fourth-order valence-corrected chi connectivity index (χ4v) is 6.48. The topological polar surface area (TPSA) is 85.9 Å². The highest BCUT2D eigenvalue weighted by molar-refractivity contribution is 6.18. The van der Waals surface area contributed by atoms with Crippen LogP contribution < -0.4 is 0 Å². The second-order valence-electron chi connectivity index (χ2n) is 12.9. The van der Waals surface area contributed by atoms with E-state index in [9.17, 15) is 14.4 Å². The minimum Gasteiger partial charge on any atom is -0.459 e. The molecule has 8 nitrogen and oxygen atoms in total. The lowest BCUT2D eigenvalue weighted by molar-refractivity contribution is -0.140. The number of ether oxygens (including phenoxy) is 1. The number of hydrogen-bond acceptors (Lipinski definition) is 5. The average Bonchev–Trinajstić information content (AvgIpc) is 3.38. The summed E-state index contributed by atoms with van der Waals surface area (Å²) in [6.07, 6.45) is 1.35. The highest BCUT2D eigenvalue weighted by Gasteiger charge is 2.37. The zero-order valence-electron chi connectivity index (χ0n) is 26.4. The molecule has 3 aromatic carbocycles. The maximum atomic E-state index is 14.1. The highest BCUT2D eigenvalue weighted by Crippen LogP contribution is 2.40. The second kappa shape index (κ2) is 12.4. The fourth-order valence-electron chi connectivity index (χ4n) is 6.48. The van der Waals surface area contributed by atoms with E-state index in [2.05, 4.69) is 29.8 Å². The number of piperazine rings is 1. The first-order valence-electron chi connectivity index (χ1n) is 15.6. The summed E-state index contributed by atoms with van der Waals surface area (Å²) in [4.78, 5) is 49.8. The van der Waals surface area contributed by atoms with Gasteiger partial charge in [0.1, 0.15) is 0 Å². The summed E-state index contributed by atoms with van der Waals surface area (Å²) in [6, 6.07) is 25.1. The minimum absolute atomic E-state index is 0.0621. The molecule has 0 bridgehead atoms. The van der Waals surface area contributed by atoms with Crippen molar-refractivity contribution in [2.75, 3.05) is 32.7 Å². The molecule has 0 radical (unpaired) electrons. The molecule has 2 amide bonds. The molecule has 3 heterocycles. The third-order valence-corrected chi connectivity index (χ3v) is 8.59. The summed E-state index contributed by atoms with van der Waals surface area (Å²) < 4.78 is 5.66. The van der Waals surface area contributed by atoms with Crippen molar-refractivity contribution >= 4 is 34.3 Å². The summed E-state index contributed by atoms with van der Waals surface area (Å²) in [7, 11) is 0. The Morgan fingerprint density at radius 1 is 0.844 bits per heavy atom. The maximum absolute atomic E-state index is 14.1. The lowest BCUT2D eigenvalue weighted by Gasteiger charge is -2.35. The van der Waals surface area contributed by atoms with Crippen molar-refractivity contribution in [3.63, 3.8) is 0 Å². The second-order valence-corrected chi connectivity index (χ2v) is 12.9. The Labute approximate surface area is 264 Å². The third kappa shape index (κ3) is 6.28. The van der Waals surface area contributed by atoms with Crippen molar-refractivity contribution in [1.82, 2.24) is 19.7 Å². The number of benzene rings is 3. The molecule has 232 valence electrons. The van der Waals surface area contributed by atoms with Crippen LogP contribution in [0, 0.1) is 0 Å². The van der Waals surface area contributed by atoms with E-state index in [0.717, 1.165) is 35.1 Å². The molecule has 1 saturated heterocycles. The number of hydrogen-bond donors (Lipinski definition) is 1. The minimum atomic E-state index is -0.466. The number of nitrogens with one attached hydrogen (secondary N) is 1. The van der Waals surface area contributed by atoms with E-state index in [4.69, 9.17) is 4.74 Å². The lowest BCUT2D eigenvalue weighted by Crippen LogP contribution is -2.48. The van der Waals surface area contributed by atoms with Gasteiger partial charge in [-0.1, -0.05) is 62.4 Å². The van der Waals surface area contributed by atoms with Crippen molar-refractivity contribution in [1.29, 1.82) is 0 Å². The van der Waals surface area contributed by atoms with Crippen molar-refractivity contribution in [2.24, 2.45) is 0 Å². The van der Waals surface area contributed by atoms with Gasteiger partial charge in [-0.15, -0.1) is 0 Å². The molecule has 0 unspecified atom stereocenters. The largest absolute Gasteiger partial charge is 0.459 e. The van der Waals surface area contributed by atoms with E-state index >= 15 is 0 Å². The van der Waals surface area contributed by atoms with Crippen LogP contribution in [0.3, 0.4) is 0 Å². The van der Waals surface area contributed by atoms with E-state index in [1.165, 1.54) is 0 Å². The number of nitrogens with zero attached hydrogens (tertiary/aromatic N) is 3. The quantitative estimate of drug-likeness (QED) is 0.279. The number of aromatic nitrogens is 1. The Bertz CT molecular complexity index is 1760. The first-order chi connectivity index (χ1) is 21.6. The van der Waals surface area contributed by atoms with Crippen LogP contribution in [-0.4, -0.2) is 76.3 Å². The molecule has 6 rings (SSSR count). The number of amides is 2. The predicted molar refractivity (Wildman–Crippen MR) is 176 cm³/mol. The normalized spacial score (nSPS) is 16.7. The van der Waals surface area contributed by atoms with Crippen LogP contribution in [0.4, 0.5) is 0 Å². The first kappa shape index (κ1) is 30.3. The number of carbonyl (C=O) groups is 3. The van der Waals surface area contributed by atoms with Crippen molar-refractivity contribution in [3.8, 4) is 0 Å². The van der Waals surface area contributed by atoms with Crippen LogP contribution in [0.1, 0.15) is 65.2 Å². The van der Waals surface area contributed by atoms with E-state index in [1.807, 2.05) is 91.5 Å². The van der Waals surface area contributed by atoms with Crippen LogP contribution in [-0.2, 0) is 21.5 Å². The Hall–Kier alpha value is -4.69. The molecule has 1 fully saturated rings. The Kier molecular flexibility index (Phi) is 8.34. The number of H-pyrrole nitrogens is 1. The highest BCUT2D eigenvalue weighted by atomic mass is 16.5. The SMILES string of the molecule is CC(C)OC(=O)C1=CN(C(=O)c2cccc(CN3CCN(C(=O)c4ccccc4)CC3)c2)CC(C)(C)c2c1[nH]c1ccccc21. The van der Waals surface area contributed by atoms with Gasteiger partial charge >= 0.3 is 5.97 Å². The maximum Gasteiger partial charge on any atom is 0.342 e. The number of esters is 1. The molecule has 0 saturated carbocycles. The monoisotopic (exact) mass is 604 g/mol.